The molecule has 1 N–H and O–H groups in total. The maximum absolute atomic E-state index is 12.2. The molecule has 25 heavy (non-hydrogen) atoms. The number of carbonyl (C=O) groups excluding carboxylic acids is 2. The monoisotopic (exact) mass is 365 g/mol. The average molecular weight is 366 g/mol. The molecular weight excluding hydrogens is 334 g/mol. The Morgan fingerprint density at radius 3 is 2.28 bits per heavy atom. The quantitative estimate of drug-likeness (QED) is 0.567. The minimum atomic E-state index is -1.88. The summed E-state index contributed by atoms with van der Waals surface area (Å²) in [6, 6.07) is 8.74. The number of rotatable bonds is 8. The fourth-order valence-electron chi connectivity index (χ4n) is 2.07. The summed E-state index contributed by atoms with van der Waals surface area (Å²) in [5.74, 6) is -0.644. The Balaban J connectivity index is 2.60. The van der Waals surface area contributed by atoms with Gasteiger partial charge in [-0.25, -0.2) is 4.79 Å². The number of ether oxygens (including phenoxy) is 1. The topological polar surface area (TPSA) is 64.6 Å². The van der Waals surface area contributed by atoms with E-state index in [4.69, 9.17) is 9.16 Å². The lowest BCUT2D eigenvalue weighted by molar-refractivity contribution is -0.145. The van der Waals surface area contributed by atoms with Gasteiger partial charge in [0.1, 0.15) is 6.04 Å². The smallest absolute Gasteiger partial charge is 0.328 e. The fraction of sp³-hybridized carbons (Fsp3) is 0.579. The van der Waals surface area contributed by atoms with E-state index < -0.39 is 20.3 Å². The number of benzene rings is 1. The van der Waals surface area contributed by atoms with Crippen molar-refractivity contribution in [3.63, 3.8) is 0 Å². The second-order valence-corrected chi connectivity index (χ2v) is 12.5. The summed E-state index contributed by atoms with van der Waals surface area (Å²) in [6.07, 6.45) is 0.636. The van der Waals surface area contributed by atoms with Crippen LogP contribution < -0.4 is 5.32 Å². The summed E-state index contributed by atoms with van der Waals surface area (Å²) in [7, 11) is -0.556. The summed E-state index contributed by atoms with van der Waals surface area (Å²) >= 11 is 0. The number of methoxy groups -OCH3 is 1. The van der Waals surface area contributed by atoms with Crippen molar-refractivity contribution in [2.24, 2.45) is 0 Å². The second kappa shape index (κ2) is 9.15. The summed E-state index contributed by atoms with van der Waals surface area (Å²) in [5.41, 5.74) is 0.904. The van der Waals surface area contributed by atoms with Gasteiger partial charge < -0.3 is 14.5 Å². The molecule has 0 aromatic heterocycles. The summed E-state index contributed by atoms with van der Waals surface area (Å²) in [5, 5.41) is 2.86. The molecule has 0 unspecified atom stereocenters. The number of hydrogen-bond acceptors (Lipinski definition) is 4. The molecule has 0 aliphatic rings. The van der Waals surface area contributed by atoms with Crippen LogP contribution in [0.15, 0.2) is 30.3 Å². The first kappa shape index (κ1) is 21.4. The Labute approximate surface area is 152 Å². The Morgan fingerprint density at radius 2 is 1.76 bits per heavy atom. The fourth-order valence-corrected chi connectivity index (χ4v) is 3.13. The lowest BCUT2D eigenvalue weighted by Gasteiger charge is -2.36. The zero-order chi connectivity index (χ0) is 19.1. The highest BCUT2D eigenvalue weighted by atomic mass is 28.4. The highest BCUT2D eigenvalue weighted by Gasteiger charge is 2.37. The zero-order valence-electron chi connectivity index (χ0n) is 16.2. The molecule has 0 heterocycles. The van der Waals surface area contributed by atoms with Gasteiger partial charge >= 0.3 is 5.97 Å². The maximum atomic E-state index is 12.2. The normalized spacial score (nSPS) is 13.2. The molecule has 0 saturated heterocycles. The molecule has 0 fully saturated rings. The Hall–Kier alpha value is -1.66. The third-order valence-electron chi connectivity index (χ3n) is 4.70. The van der Waals surface area contributed by atoms with Crippen molar-refractivity contribution in [1.29, 1.82) is 0 Å². The van der Waals surface area contributed by atoms with Crippen LogP contribution in [-0.2, 0) is 25.2 Å². The molecule has 0 aliphatic carbocycles. The van der Waals surface area contributed by atoms with Crippen LogP contribution in [0.1, 0.15) is 32.8 Å². The van der Waals surface area contributed by atoms with Crippen LogP contribution in [0.25, 0.3) is 0 Å². The Bertz CT molecular complexity index is 567. The van der Waals surface area contributed by atoms with E-state index in [-0.39, 0.29) is 17.4 Å². The first-order chi connectivity index (χ1) is 11.6. The molecule has 1 rings (SSSR count). The van der Waals surface area contributed by atoms with Crippen molar-refractivity contribution >= 4 is 20.2 Å². The van der Waals surface area contributed by atoms with Crippen LogP contribution in [0.5, 0.6) is 0 Å². The Kier molecular flexibility index (Phi) is 7.83. The number of hydrogen-bond donors (Lipinski definition) is 1. The van der Waals surface area contributed by atoms with Gasteiger partial charge in [-0.05, 0) is 23.7 Å². The molecule has 1 atom stereocenters. The molecule has 140 valence electrons. The Morgan fingerprint density at radius 1 is 1.16 bits per heavy atom. The summed E-state index contributed by atoms with van der Waals surface area (Å²) in [6.45, 7) is 11.2. The minimum Gasteiger partial charge on any atom is -0.467 e. The lowest BCUT2D eigenvalue weighted by Crippen LogP contribution is -2.45. The van der Waals surface area contributed by atoms with Crippen LogP contribution in [-0.4, -0.2) is 40.0 Å². The van der Waals surface area contributed by atoms with Crippen LogP contribution in [0.3, 0.4) is 0 Å². The molecule has 1 amide bonds. The highest BCUT2D eigenvalue weighted by molar-refractivity contribution is 6.74. The van der Waals surface area contributed by atoms with Crippen molar-refractivity contribution < 1.29 is 18.8 Å². The predicted octanol–water partition coefficient (Wildman–Crippen LogP) is 3.30. The molecule has 5 nitrogen and oxygen atoms in total. The van der Waals surface area contributed by atoms with Crippen molar-refractivity contribution in [3.05, 3.63) is 35.9 Å². The minimum absolute atomic E-state index is 0.102. The van der Waals surface area contributed by atoms with Crippen molar-refractivity contribution in [3.8, 4) is 0 Å². The molecule has 0 spiro atoms. The van der Waals surface area contributed by atoms with Gasteiger partial charge in [0, 0.05) is 13.0 Å². The molecule has 6 heteroatoms. The highest BCUT2D eigenvalue weighted by Crippen LogP contribution is 2.36. The molecule has 0 aliphatic heterocycles. The molecule has 1 aromatic carbocycles. The summed E-state index contributed by atoms with van der Waals surface area (Å²) in [4.78, 5) is 24.2. The molecule has 0 radical (unpaired) electrons. The number of carbonyl (C=O) groups is 2. The van der Waals surface area contributed by atoms with E-state index in [2.05, 4.69) is 39.2 Å². The number of esters is 1. The first-order valence-corrected chi connectivity index (χ1v) is 11.5. The first-order valence-electron chi connectivity index (χ1n) is 8.62. The standard InChI is InChI=1S/C19H31NO4Si/c1-19(2,3)25(5,6)24-13-12-16(18(22)23-4)20-17(21)14-15-10-8-7-9-11-15/h7-11,16H,12-14H2,1-6H3,(H,20,21)/t16-/m1/s1. The third kappa shape index (κ3) is 7.00. The van der Waals surface area contributed by atoms with E-state index in [1.165, 1.54) is 7.11 Å². The number of amides is 1. The van der Waals surface area contributed by atoms with E-state index >= 15 is 0 Å². The van der Waals surface area contributed by atoms with Gasteiger partial charge in [0.25, 0.3) is 0 Å². The van der Waals surface area contributed by atoms with Crippen molar-refractivity contribution in [2.75, 3.05) is 13.7 Å². The van der Waals surface area contributed by atoms with Crippen LogP contribution in [0.2, 0.25) is 18.1 Å². The van der Waals surface area contributed by atoms with Crippen LogP contribution >= 0.6 is 0 Å². The maximum Gasteiger partial charge on any atom is 0.328 e. The van der Waals surface area contributed by atoms with E-state index in [1.54, 1.807) is 0 Å². The van der Waals surface area contributed by atoms with Crippen molar-refractivity contribution in [2.45, 2.75) is 57.8 Å². The number of nitrogens with one attached hydrogen (secondary N) is 1. The lowest BCUT2D eigenvalue weighted by atomic mass is 10.1. The SMILES string of the molecule is COC(=O)[C@@H](CCO[Si](C)(C)C(C)(C)C)NC(=O)Cc1ccccc1. The van der Waals surface area contributed by atoms with Gasteiger partial charge in [-0.15, -0.1) is 0 Å². The van der Waals surface area contributed by atoms with Gasteiger partial charge in [0.2, 0.25) is 5.91 Å². The van der Waals surface area contributed by atoms with E-state index in [0.717, 1.165) is 5.56 Å². The molecule has 0 saturated carbocycles. The average Bonchev–Trinajstić information content (AvgIpc) is 2.52. The molecule has 1 aromatic rings. The van der Waals surface area contributed by atoms with Crippen molar-refractivity contribution in [1.82, 2.24) is 5.32 Å². The zero-order valence-corrected chi connectivity index (χ0v) is 17.2. The van der Waals surface area contributed by atoms with E-state index in [9.17, 15) is 9.59 Å². The second-order valence-electron chi connectivity index (χ2n) is 7.70. The van der Waals surface area contributed by atoms with E-state index in [1.807, 2.05) is 30.3 Å². The van der Waals surface area contributed by atoms with Gasteiger partial charge in [-0.3, -0.25) is 4.79 Å². The van der Waals surface area contributed by atoms with Crippen LogP contribution in [0, 0.1) is 0 Å². The third-order valence-corrected chi connectivity index (χ3v) is 9.24. The van der Waals surface area contributed by atoms with Gasteiger partial charge in [0.05, 0.1) is 13.5 Å². The van der Waals surface area contributed by atoms with Crippen LogP contribution in [0.4, 0.5) is 0 Å². The van der Waals surface area contributed by atoms with E-state index in [0.29, 0.717) is 13.0 Å². The predicted molar refractivity (Wildman–Crippen MR) is 102 cm³/mol. The van der Waals surface area contributed by atoms with Gasteiger partial charge in [-0.2, -0.15) is 0 Å². The largest absolute Gasteiger partial charge is 0.467 e. The molecule has 0 bridgehead atoms. The van der Waals surface area contributed by atoms with Gasteiger partial charge in [-0.1, -0.05) is 51.1 Å². The van der Waals surface area contributed by atoms with Gasteiger partial charge in [0.15, 0.2) is 8.32 Å². The molecular formula is C19H31NO4Si. The summed E-state index contributed by atoms with van der Waals surface area (Å²) < 4.78 is 10.9.